The molecule has 0 aromatic carbocycles. The monoisotopic (exact) mass is 814 g/mol. The minimum atomic E-state index is -0.324. The molecule has 0 spiro atoms. The number of ketones is 1. The molecule has 7 aromatic rings. The van der Waals surface area contributed by atoms with Crippen molar-refractivity contribution in [2.75, 3.05) is 34.5 Å². The van der Waals surface area contributed by atoms with E-state index in [0.29, 0.717) is 56.6 Å². The van der Waals surface area contributed by atoms with Gasteiger partial charge in [0.05, 0.1) is 29.7 Å². The van der Waals surface area contributed by atoms with Crippen LogP contribution in [-0.4, -0.2) is 79.6 Å². The van der Waals surface area contributed by atoms with Crippen LogP contribution >= 0.6 is 0 Å². The van der Waals surface area contributed by atoms with Crippen LogP contribution in [-0.2, 0) is 13.1 Å². The highest BCUT2D eigenvalue weighted by molar-refractivity contribution is 5.96. The van der Waals surface area contributed by atoms with E-state index in [1.54, 1.807) is 49.2 Å². The Morgan fingerprint density at radius 1 is 0.667 bits per heavy atom. The van der Waals surface area contributed by atoms with Crippen LogP contribution in [0.3, 0.4) is 0 Å². The fourth-order valence-electron chi connectivity index (χ4n) is 6.26. The highest BCUT2D eigenvalue weighted by atomic mass is 16.3. The van der Waals surface area contributed by atoms with Crippen molar-refractivity contribution in [3.63, 3.8) is 0 Å². The molecule has 0 bridgehead atoms. The molecule has 0 radical (unpaired) electrons. The lowest BCUT2D eigenvalue weighted by molar-refractivity contribution is 0.101. The van der Waals surface area contributed by atoms with Gasteiger partial charge in [0.2, 0.25) is 0 Å². The van der Waals surface area contributed by atoms with Crippen molar-refractivity contribution in [3.8, 4) is 11.3 Å². The lowest BCUT2D eigenvalue weighted by atomic mass is 10.1. The van der Waals surface area contributed by atoms with E-state index in [1.807, 2.05) is 77.9 Å². The summed E-state index contributed by atoms with van der Waals surface area (Å²) in [5, 5.41) is 40.7. The van der Waals surface area contributed by atoms with Crippen molar-refractivity contribution in [1.82, 2.24) is 39.3 Å². The first-order valence-corrected chi connectivity index (χ1v) is 19.4. The molecular formula is C43H50N12O5. The maximum absolute atomic E-state index is 13.0. The number of hydrogen-bond donors (Lipinski definition) is 7. The predicted octanol–water partition coefficient (Wildman–Crippen LogP) is 6.07. The zero-order chi connectivity index (χ0) is 43.2. The number of anilines is 6. The van der Waals surface area contributed by atoms with E-state index < -0.39 is 0 Å². The van der Waals surface area contributed by atoms with Gasteiger partial charge in [-0.15, -0.1) is 0 Å². The van der Waals surface area contributed by atoms with E-state index in [0.717, 1.165) is 16.6 Å². The summed E-state index contributed by atoms with van der Waals surface area (Å²) >= 11 is 0. The lowest BCUT2D eigenvalue weighted by Gasteiger charge is -2.23. The Hall–Kier alpha value is -6.98. The fourth-order valence-corrected chi connectivity index (χ4v) is 6.26. The van der Waals surface area contributed by atoms with Crippen molar-refractivity contribution in [2.45, 2.75) is 72.6 Å². The molecule has 7 rings (SSSR count). The zero-order valence-electron chi connectivity index (χ0n) is 34.7. The molecule has 17 nitrogen and oxygen atoms in total. The smallest absolute Gasteiger partial charge is 0.262 e. The summed E-state index contributed by atoms with van der Waals surface area (Å²) in [5.74, 6) is 3.03. The Morgan fingerprint density at radius 3 is 1.62 bits per heavy atom. The number of fused-ring (bicyclic) bond motifs is 2. The van der Waals surface area contributed by atoms with Crippen LogP contribution in [0.4, 0.5) is 34.9 Å². The Balaban J connectivity index is 0.000000202. The van der Waals surface area contributed by atoms with Crippen molar-refractivity contribution >= 4 is 62.2 Å². The molecular weight excluding hydrogens is 765 g/mol. The minimum Gasteiger partial charge on any atom is -0.395 e. The molecule has 60 heavy (non-hydrogen) atoms. The molecule has 7 heterocycles. The third kappa shape index (κ3) is 10.5. The number of hydrogen-bond acceptors (Lipinski definition) is 14. The number of aromatic amines is 1. The van der Waals surface area contributed by atoms with Crippen molar-refractivity contribution in [3.05, 3.63) is 112 Å². The molecule has 17 heteroatoms. The van der Waals surface area contributed by atoms with E-state index >= 15 is 0 Å². The van der Waals surface area contributed by atoms with Gasteiger partial charge in [-0.1, -0.05) is 0 Å². The van der Waals surface area contributed by atoms with Crippen LogP contribution < -0.4 is 32.4 Å². The van der Waals surface area contributed by atoms with Crippen molar-refractivity contribution in [1.29, 1.82) is 0 Å². The van der Waals surface area contributed by atoms with Crippen LogP contribution in [0.15, 0.2) is 95.2 Å². The summed E-state index contributed by atoms with van der Waals surface area (Å²) in [7, 11) is 0. The standard InChI is InChI=1S/C22H25N7O2.C21H25N5O3/c1-22(2,3)27-20-19-15(6-9-29(10-11-30)21(19)31)13-18(26-20)25-17-12-14(4-7-23-17)16-5-8-24-28-16;1-13(28)14-5-7-22-16(11-14)23-17-12-15-6-8-26(9-10-27)20(29)18(15)19(24-17)25-21(2,3)4/h4-9,12-13,30H,10-11H2,1-3H3,(H,24,28)(H2,23,25,26,27);5-8,11-12,27H,9-10H2,1-4H3,(H2,22,23,24,25). The van der Waals surface area contributed by atoms with Crippen LogP contribution in [0.25, 0.3) is 32.8 Å². The third-order valence-corrected chi connectivity index (χ3v) is 8.84. The van der Waals surface area contributed by atoms with Gasteiger partial charge in [-0.25, -0.2) is 19.9 Å². The van der Waals surface area contributed by atoms with Gasteiger partial charge in [-0.05, 0) is 114 Å². The average Bonchev–Trinajstić information content (AvgIpc) is 3.72. The number of aliphatic hydroxyl groups excluding tert-OH is 2. The predicted molar refractivity (Wildman–Crippen MR) is 236 cm³/mol. The molecule has 0 amide bonds. The third-order valence-electron chi connectivity index (χ3n) is 8.84. The summed E-state index contributed by atoms with van der Waals surface area (Å²) in [5.41, 5.74) is 1.32. The van der Waals surface area contributed by atoms with Gasteiger partial charge in [-0.3, -0.25) is 19.5 Å². The van der Waals surface area contributed by atoms with E-state index in [9.17, 15) is 24.6 Å². The van der Waals surface area contributed by atoms with Crippen molar-refractivity contribution in [2.24, 2.45) is 0 Å². The van der Waals surface area contributed by atoms with Crippen LogP contribution in [0.2, 0.25) is 0 Å². The molecule has 7 aromatic heterocycles. The second-order valence-electron chi connectivity index (χ2n) is 16.1. The molecule has 0 unspecified atom stereocenters. The van der Waals surface area contributed by atoms with Gasteiger partial charge in [0.15, 0.2) is 5.78 Å². The van der Waals surface area contributed by atoms with Gasteiger partial charge < -0.3 is 40.6 Å². The SMILES string of the molecule is CC(=O)c1ccnc(Nc2cc3ccn(CCO)c(=O)c3c(NC(C)(C)C)n2)c1.CC(C)(C)Nc1nc(Nc2cc(-c3ccn[nH]3)ccn2)cc2ccn(CCO)c(=O)c12. The Kier molecular flexibility index (Phi) is 12.7. The first-order chi connectivity index (χ1) is 28.5. The summed E-state index contributed by atoms with van der Waals surface area (Å²) < 4.78 is 2.95. The van der Waals surface area contributed by atoms with Gasteiger partial charge in [-0.2, -0.15) is 5.10 Å². The number of rotatable bonds is 12. The van der Waals surface area contributed by atoms with Crippen LogP contribution in [0, 0.1) is 0 Å². The number of aliphatic hydroxyl groups is 2. The summed E-state index contributed by atoms with van der Waals surface area (Å²) in [6.45, 7) is 13.7. The second kappa shape index (κ2) is 17.9. The largest absolute Gasteiger partial charge is 0.395 e. The van der Waals surface area contributed by atoms with Gasteiger partial charge >= 0.3 is 0 Å². The molecule has 0 aliphatic rings. The minimum absolute atomic E-state index is 0.0542. The molecule has 0 saturated heterocycles. The number of pyridine rings is 6. The first kappa shape index (κ1) is 42.6. The maximum atomic E-state index is 13.0. The average molecular weight is 815 g/mol. The number of aromatic nitrogens is 8. The summed E-state index contributed by atoms with van der Waals surface area (Å²) in [6.07, 6.45) is 8.30. The number of H-pyrrole nitrogens is 1. The van der Waals surface area contributed by atoms with Crippen LogP contribution in [0.1, 0.15) is 58.8 Å². The molecule has 0 atom stereocenters. The van der Waals surface area contributed by atoms with E-state index in [2.05, 4.69) is 51.4 Å². The normalized spacial score (nSPS) is 11.6. The van der Waals surface area contributed by atoms with E-state index in [4.69, 9.17) is 0 Å². The second-order valence-corrected chi connectivity index (χ2v) is 16.1. The topological polar surface area (TPSA) is 230 Å². The Labute approximate surface area is 346 Å². The molecule has 0 aliphatic heterocycles. The molecule has 312 valence electrons. The first-order valence-electron chi connectivity index (χ1n) is 19.4. The summed E-state index contributed by atoms with van der Waals surface area (Å²) in [4.78, 5) is 55.4. The fraction of sp³-hybridized carbons (Fsp3) is 0.302. The van der Waals surface area contributed by atoms with Crippen molar-refractivity contribution < 1.29 is 15.0 Å². The van der Waals surface area contributed by atoms with E-state index in [-0.39, 0.29) is 54.3 Å². The maximum Gasteiger partial charge on any atom is 0.262 e. The number of nitrogens with zero attached hydrogens (tertiary/aromatic N) is 7. The Morgan fingerprint density at radius 2 is 1.17 bits per heavy atom. The van der Waals surface area contributed by atoms with Gasteiger partial charge in [0.1, 0.15) is 34.9 Å². The number of Topliss-reactive ketones (excluding diaryl/α,β-unsaturated/α-hetero) is 1. The highest BCUT2D eigenvalue weighted by Crippen LogP contribution is 2.28. The number of carbonyl (C=O) groups is 1. The van der Waals surface area contributed by atoms with Crippen LogP contribution in [0.5, 0.6) is 0 Å². The number of carbonyl (C=O) groups excluding carboxylic acids is 1. The summed E-state index contributed by atoms with van der Waals surface area (Å²) in [6, 6.07) is 16.2. The zero-order valence-corrected chi connectivity index (χ0v) is 34.7. The molecule has 7 N–H and O–H groups in total. The van der Waals surface area contributed by atoms with Gasteiger partial charge in [0, 0.05) is 66.3 Å². The molecule has 0 saturated carbocycles. The Bertz CT molecular complexity index is 2750. The quantitative estimate of drug-likeness (QED) is 0.0695. The molecule has 0 aliphatic carbocycles. The van der Waals surface area contributed by atoms with E-state index in [1.165, 1.54) is 16.1 Å². The highest BCUT2D eigenvalue weighted by Gasteiger charge is 2.19. The lowest BCUT2D eigenvalue weighted by Crippen LogP contribution is -2.29. The number of nitrogens with one attached hydrogen (secondary N) is 5. The van der Waals surface area contributed by atoms with Gasteiger partial charge in [0.25, 0.3) is 11.1 Å². The molecule has 0 fully saturated rings.